The monoisotopic (exact) mass is 167 g/mol. The van der Waals surface area contributed by atoms with Gasteiger partial charge in [-0.1, -0.05) is 20.3 Å². The van der Waals surface area contributed by atoms with Crippen molar-refractivity contribution in [2.45, 2.75) is 58.4 Å². The lowest BCUT2D eigenvalue weighted by Crippen LogP contribution is -2.29. The standard InChI is InChI=1S/C11H21N/c1-3-10(2)8-11(10)6-4-9(12)5-7-11/h9H,3-8,12H2,1-2H3. The van der Waals surface area contributed by atoms with Crippen LogP contribution >= 0.6 is 0 Å². The van der Waals surface area contributed by atoms with Gasteiger partial charge in [0.25, 0.3) is 0 Å². The maximum atomic E-state index is 5.91. The van der Waals surface area contributed by atoms with Crippen LogP contribution in [-0.4, -0.2) is 6.04 Å². The van der Waals surface area contributed by atoms with Gasteiger partial charge in [0.1, 0.15) is 0 Å². The van der Waals surface area contributed by atoms with Gasteiger partial charge >= 0.3 is 0 Å². The van der Waals surface area contributed by atoms with E-state index in [-0.39, 0.29) is 0 Å². The lowest BCUT2D eigenvalue weighted by Gasteiger charge is -2.30. The third-order valence-electron chi connectivity index (χ3n) is 4.65. The van der Waals surface area contributed by atoms with E-state index in [9.17, 15) is 0 Å². The van der Waals surface area contributed by atoms with E-state index in [1.54, 1.807) is 0 Å². The summed E-state index contributed by atoms with van der Waals surface area (Å²) in [5.74, 6) is 0. The normalized spacial score (nSPS) is 52.8. The number of rotatable bonds is 1. The van der Waals surface area contributed by atoms with Gasteiger partial charge in [-0.3, -0.25) is 0 Å². The van der Waals surface area contributed by atoms with Crippen molar-refractivity contribution in [3.8, 4) is 0 Å². The van der Waals surface area contributed by atoms with Crippen molar-refractivity contribution in [2.75, 3.05) is 0 Å². The van der Waals surface area contributed by atoms with Crippen LogP contribution in [-0.2, 0) is 0 Å². The summed E-state index contributed by atoms with van der Waals surface area (Å²) < 4.78 is 0. The van der Waals surface area contributed by atoms with Crippen molar-refractivity contribution in [2.24, 2.45) is 16.6 Å². The van der Waals surface area contributed by atoms with Crippen molar-refractivity contribution in [3.63, 3.8) is 0 Å². The molecule has 0 amide bonds. The first kappa shape index (κ1) is 8.55. The molecule has 0 aromatic carbocycles. The zero-order valence-corrected chi connectivity index (χ0v) is 8.40. The summed E-state index contributed by atoms with van der Waals surface area (Å²) in [5.41, 5.74) is 7.34. The summed E-state index contributed by atoms with van der Waals surface area (Å²) in [7, 11) is 0. The molecule has 1 spiro atoms. The minimum atomic E-state index is 0.511. The smallest absolute Gasteiger partial charge is 0.00392 e. The van der Waals surface area contributed by atoms with Crippen LogP contribution in [0.25, 0.3) is 0 Å². The molecular weight excluding hydrogens is 146 g/mol. The van der Waals surface area contributed by atoms with Crippen LogP contribution < -0.4 is 5.73 Å². The van der Waals surface area contributed by atoms with E-state index in [0.717, 1.165) is 5.41 Å². The van der Waals surface area contributed by atoms with Gasteiger partial charge in [0.05, 0.1) is 0 Å². The molecular formula is C11H21N. The molecule has 2 saturated carbocycles. The second-order valence-electron chi connectivity index (χ2n) is 5.21. The van der Waals surface area contributed by atoms with Crippen molar-refractivity contribution < 1.29 is 0 Å². The predicted octanol–water partition coefficient (Wildman–Crippen LogP) is 2.69. The van der Waals surface area contributed by atoms with Gasteiger partial charge in [0.15, 0.2) is 0 Å². The molecule has 0 aromatic heterocycles. The van der Waals surface area contributed by atoms with Crippen molar-refractivity contribution in [3.05, 3.63) is 0 Å². The molecule has 2 aliphatic rings. The molecule has 0 heterocycles. The van der Waals surface area contributed by atoms with Crippen LogP contribution in [0.1, 0.15) is 52.4 Å². The predicted molar refractivity (Wildman–Crippen MR) is 51.9 cm³/mol. The van der Waals surface area contributed by atoms with E-state index < -0.39 is 0 Å². The zero-order chi connectivity index (χ0) is 8.82. The highest BCUT2D eigenvalue weighted by Crippen LogP contribution is 2.71. The van der Waals surface area contributed by atoms with Crippen molar-refractivity contribution >= 4 is 0 Å². The molecule has 70 valence electrons. The molecule has 2 aliphatic carbocycles. The molecule has 0 aromatic rings. The Kier molecular flexibility index (Phi) is 1.76. The molecule has 2 rings (SSSR count). The Bertz CT molecular complexity index is 179. The average molecular weight is 167 g/mol. The summed E-state index contributed by atoms with van der Waals surface area (Å²) in [5, 5.41) is 0. The highest BCUT2D eigenvalue weighted by molar-refractivity contribution is 5.12. The fourth-order valence-electron chi connectivity index (χ4n) is 3.18. The van der Waals surface area contributed by atoms with Crippen LogP contribution in [0.3, 0.4) is 0 Å². The second-order valence-corrected chi connectivity index (χ2v) is 5.21. The van der Waals surface area contributed by atoms with E-state index in [4.69, 9.17) is 5.73 Å². The molecule has 12 heavy (non-hydrogen) atoms. The van der Waals surface area contributed by atoms with Crippen molar-refractivity contribution in [1.29, 1.82) is 0 Å². The van der Waals surface area contributed by atoms with Crippen molar-refractivity contribution in [1.82, 2.24) is 0 Å². The molecule has 1 nitrogen and oxygen atoms in total. The third kappa shape index (κ3) is 1.02. The van der Waals surface area contributed by atoms with E-state index in [1.807, 2.05) is 0 Å². The van der Waals surface area contributed by atoms with Crippen LogP contribution in [0, 0.1) is 10.8 Å². The largest absolute Gasteiger partial charge is 0.328 e. The highest BCUT2D eigenvalue weighted by Gasteiger charge is 2.62. The van der Waals surface area contributed by atoms with Crippen LogP contribution in [0.4, 0.5) is 0 Å². The number of nitrogens with two attached hydrogens (primary N) is 1. The molecule has 1 atom stereocenters. The summed E-state index contributed by atoms with van der Waals surface area (Å²) >= 11 is 0. The Morgan fingerprint density at radius 2 is 1.92 bits per heavy atom. The maximum absolute atomic E-state index is 5.91. The van der Waals surface area contributed by atoms with E-state index >= 15 is 0 Å². The van der Waals surface area contributed by atoms with E-state index in [0.29, 0.717) is 11.5 Å². The molecule has 0 aliphatic heterocycles. The van der Waals surface area contributed by atoms with Gasteiger partial charge in [0, 0.05) is 6.04 Å². The fraction of sp³-hybridized carbons (Fsp3) is 1.00. The topological polar surface area (TPSA) is 26.0 Å². The Balaban J connectivity index is 1.99. The Morgan fingerprint density at radius 3 is 2.33 bits per heavy atom. The number of hydrogen-bond acceptors (Lipinski definition) is 1. The van der Waals surface area contributed by atoms with Gasteiger partial charge in [-0.25, -0.2) is 0 Å². The minimum Gasteiger partial charge on any atom is -0.328 e. The SMILES string of the molecule is CCC1(C)CC12CCC(N)CC2. The summed E-state index contributed by atoms with van der Waals surface area (Å²) in [6.07, 6.45) is 8.19. The summed E-state index contributed by atoms with van der Waals surface area (Å²) in [4.78, 5) is 0. The van der Waals surface area contributed by atoms with E-state index in [2.05, 4.69) is 13.8 Å². The highest BCUT2D eigenvalue weighted by atomic mass is 14.7. The lowest BCUT2D eigenvalue weighted by molar-refractivity contribution is 0.236. The Morgan fingerprint density at radius 1 is 1.33 bits per heavy atom. The summed E-state index contributed by atoms with van der Waals surface area (Å²) in [6, 6.07) is 0.511. The first-order chi connectivity index (χ1) is 5.62. The summed E-state index contributed by atoms with van der Waals surface area (Å²) in [6.45, 7) is 4.80. The van der Waals surface area contributed by atoms with Crippen LogP contribution in [0.2, 0.25) is 0 Å². The lowest BCUT2D eigenvalue weighted by atomic mass is 9.78. The molecule has 0 radical (unpaired) electrons. The third-order valence-corrected chi connectivity index (χ3v) is 4.65. The van der Waals surface area contributed by atoms with Gasteiger partial charge in [-0.15, -0.1) is 0 Å². The maximum Gasteiger partial charge on any atom is 0.00392 e. The Hall–Kier alpha value is -0.0400. The molecule has 0 bridgehead atoms. The van der Waals surface area contributed by atoms with Crippen LogP contribution in [0.5, 0.6) is 0 Å². The fourth-order valence-corrected chi connectivity index (χ4v) is 3.18. The Labute approximate surface area is 75.7 Å². The van der Waals surface area contributed by atoms with Crippen LogP contribution in [0.15, 0.2) is 0 Å². The van der Waals surface area contributed by atoms with Gasteiger partial charge in [-0.2, -0.15) is 0 Å². The molecule has 2 N–H and O–H groups in total. The van der Waals surface area contributed by atoms with Gasteiger partial charge in [-0.05, 0) is 42.9 Å². The first-order valence-electron chi connectivity index (χ1n) is 5.37. The molecule has 2 fully saturated rings. The number of hydrogen-bond donors (Lipinski definition) is 1. The minimum absolute atomic E-state index is 0.511. The first-order valence-corrected chi connectivity index (χ1v) is 5.37. The second kappa shape index (κ2) is 2.47. The molecule has 1 heteroatoms. The van der Waals surface area contributed by atoms with Gasteiger partial charge < -0.3 is 5.73 Å². The molecule has 0 saturated heterocycles. The average Bonchev–Trinajstić information content (AvgIpc) is 2.65. The molecule has 1 unspecified atom stereocenters. The zero-order valence-electron chi connectivity index (χ0n) is 8.40. The quantitative estimate of drug-likeness (QED) is 0.638. The van der Waals surface area contributed by atoms with E-state index in [1.165, 1.54) is 38.5 Å². The van der Waals surface area contributed by atoms with Gasteiger partial charge in [0.2, 0.25) is 0 Å².